The molecule has 17 N–H and O–H groups in total. The lowest BCUT2D eigenvalue weighted by Crippen LogP contribution is -2.60. The molecule has 35 nitrogen and oxygen atoms in total. The zero-order valence-corrected chi connectivity index (χ0v) is 105. The molecule has 10 amide bonds. The van der Waals surface area contributed by atoms with Crippen LogP contribution in [0.3, 0.4) is 0 Å². The van der Waals surface area contributed by atoms with Crippen LogP contribution in [-0.2, 0) is 98.7 Å². The Labute approximate surface area is 841 Å². The topological polar surface area (TPSA) is 526 Å². The summed E-state index contributed by atoms with van der Waals surface area (Å²) in [5.41, 5.74) is 20.8. The number of amides is 10. The van der Waals surface area contributed by atoms with Crippen LogP contribution in [0.1, 0.15) is 113 Å². The summed E-state index contributed by atoms with van der Waals surface area (Å²) in [5.74, 6) is -0.0768. The van der Waals surface area contributed by atoms with Crippen molar-refractivity contribution in [1.29, 1.82) is 0 Å². The van der Waals surface area contributed by atoms with Crippen LogP contribution in [0.5, 0.6) is 0 Å². The van der Waals surface area contributed by atoms with Crippen molar-refractivity contribution in [3.8, 4) is 0 Å². The molecule has 0 saturated carbocycles. The molecule has 1 saturated heterocycles. The average molecular weight is 2200 g/mol. The summed E-state index contributed by atoms with van der Waals surface area (Å²) in [6.07, 6.45) is 10.7. The Bertz CT molecular complexity index is 3370. The normalized spacial score (nSPS) is 15.2. The molecule has 134 heavy (non-hydrogen) atoms. The van der Waals surface area contributed by atoms with E-state index in [2.05, 4.69) is 286 Å². The van der Waals surface area contributed by atoms with E-state index < -0.39 is 146 Å². The van der Waals surface area contributed by atoms with Gasteiger partial charge in [-0.05, 0) is 289 Å². The number of hydrogen-bond acceptors (Lipinski definition) is 29. The number of nitrogens with one attached hydrogen (secondary N) is 7. The van der Waals surface area contributed by atoms with Crippen LogP contribution in [0.4, 0.5) is 0 Å². The van der Waals surface area contributed by atoms with Crippen molar-refractivity contribution in [3.63, 3.8) is 0 Å². The van der Waals surface area contributed by atoms with Crippen molar-refractivity contribution in [2.45, 2.75) is 338 Å². The maximum atomic E-state index is 11.2. The van der Waals surface area contributed by atoms with Crippen LogP contribution in [0.2, 0.25) is 207 Å². The number of aliphatic hydroxyl groups is 2. The molecule has 0 aromatic heterocycles. The van der Waals surface area contributed by atoms with Crippen molar-refractivity contribution in [2.24, 2.45) is 28.9 Å². The van der Waals surface area contributed by atoms with E-state index in [9.17, 15) is 57.5 Å². The van der Waals surface area contributed by atoms with Crippen LogP contribution >= 0.6 is 48.8 Å². The molecule has 1 fully saturated rings. The summed E-state index contributed by atoms with van der Waals surface area (Å²) in [7, 11) is -25.0. The molecule has 8 unspecified atom stereocenters. The van der Waals surface area contributed by atoms with Gasteiger partial charge < -0.3 is 116 Å². The first-order chi connectivity index (χ1) is 60.6. The van der Waals surface area contributed by atoms with Crippen molar-refractivity contribution < 1.29 is 109 Å². The van der Waals surface area contributed by atoms with E-state index in [-0.39, 0.29) is 84.6 Å². The Balaban J connectivity index is -0.000000227. The van der Waals surface area contributed by atoms with Crippen molar-refractivity contribution >= 4 is 229 Å². The Morgan fingerprint density at radius 2 is 0.731 bits per heavy atom. The number of Topliss-reactive ketones (excluding diaryl/α,β-unsaturated/α-hetero) is 1. The maximum absolute atomic E-state index is 11.2. The van der Waals surface area contributed by atoms with Gasteiger partial charge in [0.25, 0.3) is 0 Å². The van der Waals surface area contributed by atoms with Gasteiger partial charge in [-0.25, -0.2) is 0 Å². The summed E-state index contributed by atoms with van der Waals surface area (Å²) in [5, 5.41) is 33.8. The SMILES string of the molecule is C=CC(=O)NCCO.C=CC(=O)NCNC(=O)C=C.CC(=O)CC1CCSC1=O.CC(=O)NC(CCS)C(N)=O.CC(=O)NC(CCS)C(N)=O.CC(=O)NC(CCSCCC(=O)NCCO)C(N)=O.CCC[Si](C)(O[Si](C)(C)C)O[Si](C)(C)O[Si](C)(C)C.CCC[Si](C)(O[Si](C)(C)C)O[Si](C)(CCC)O[Si](C)(C)O[Si](C)(C)C.C[Si](C)(C)O[Si](C)(C)O[Si](C)(CCCN)O[Si](C)(C)C. The molecule has 790 valence electrons. The van der Waals surface area contributed by atoms with Gasteiger partial charge >= 0.3 is 59.9 Å². The Kier molecular flexibility index (Phi) is 81.7. The molecule has 1 aliphatic heterocycles. The third-order valence-electron chi connectivity index (χ3n) is 15.5. The van der Waals surface area contributed by atoms with E-state index in [1.807, 2.05) is 0 Å². The van der Waals surface area contributed by atoms with Gasteiger partial charge in [-0.15, -0.1) is 0 Å². The fourth-order valence-electron chi connectivity index (χ4n) is 12.8. The zero-order chi connectivity index (χ0) is 107. The number of ketones is 1. The number of hydrogen-bond donors (Lipinski definition) is 15. The van der Waals surface area contributed by atoms with E-state index in [0.717, 1.165) is 80.3 Å². The van der Waals surface area contributed by atoms with Gasteiger partial charge in [0.2, 0.25) is 59.1 Å². The number of carbonyl (C=O) groups excluding carboxylic acids is 12. The number of nitrogens with two attached hydrogens (primary N) is 4. The monoisotopic (exact) mass is 2200 g/mol. The number of rotatable bonds is 56. The van der Waals surface area contributed by atoms with Crippen molar-refractivity contribution in [2.75, 3.05) is 68.3 Å². The van der Waals surface area contributed by atoms with Gasteiger partial charge in [0.05, 0.1) is 19.9 Å². The minimum atomic E-state index is -2.34. The van der Waals surface area contributed by atoms with Gasteiger partial charge in [0, 0.05) is 64.1 Å². The van der Waals surface area contributed by atoms with E-state index in [4.69, 9.17) is 74.3 Å². The summed E-state index contributed by atoms with van der Waals surface area (Å²) < 4.78 is 65.2. The molecule has 1 rings (SSSR count). The minimum absolute atomic E-state index is 0.0282. The first-order valence-corrected chi connectivity index (χ1v) is 88.1. The lowest BCUT2D eigenvalue weighted by atomic mass is 10.0. The fourth-order valence-corrected chi connectivity index (χ4v) is 75.3. The predicted molar refractivity (Wildman–Crippen MR) is 590 cm³/mol. The molecule has 0 radical (unpaired) electrons. The number of thiol groups is 2. The summed E-state index contributed by atoms with van der Waals surface area (Å²) in [4.78, 5) is 128. The van der Waals surface area contributed by atoms with Crippen molar-refractivity contribution in [1.82, 2.24) is 37.2 Å². The van der Waals surface area contributed by atoms with Crippen LogP contribution in [0.15, 0.2) is 38.0 Å². The molecule has 0 aliphatic carbocycles. The van der Waals surface area contributed by atoms with Crippen LogP contribution < -0.4 is 60.2 Å². The van der Waals surface area contributed by atoms with E-state index >= 15 is 0 Å². The highest BCUT2D eigenvalue weighted by Gasteiger charge is 2.50. The van der Waals surface area contributed by atoms with Crippen LogP contribution in [0, 0.1) is 5.92 Å². The van der Waals surface area contributed by atoms with E-state index in [1.165, 1.54) is 51.2 Å². The first-order valence-electron chi connectivity index (χ1n) is 45.7. The lowest BCUT2D eigenvalue weighted by molar-refractivity contribution is -0.126. The summed E-state index contributed by atoms with van der Waals surface area (Å²) >= 11 is 10.7. The summed E-state index contributed by atoms with van der Waals surface area (Å²) in [6.45, 7) is 85.1. The zero-order valence-electron chi connectivity index (χ0n) is 88.7. The van der Waals surface area contributed by atoms with E-state index in [0.29, 0.717) is 68.2 Å². The molecule has 0 spiro atoms. The maximum Gasteiger partial charge on any atom is 0.317 e. The third kappa shape index (κ3) is 99.1. The molecular weight excluding hydrogens is 2020 g/mol. The predicted octanol–water partition coefficient (Wildman–Crippen LogP) is 12.4. The fraction of sp³-hybridized carbons (Fsp3) is 0.780. The molecule has 1 aliphatic rings. The van der Waals surface area contributed by atoms with Gasteiger partial charge in [-0.2, -0.15) is 37.0 Å². The smallest absolute Gasteiger partial charge is 0.317 e. The van der Waals surface area contributed by atoms with Crippen LogP contribution in [0.25, 0.3) is 0 Å². The molecule has 52 heteroatoms. The largest absolute Gasteiger partial charge is 0.437 e. The Morgan fingerprint density at radius 1 is 0.440 bits per heavy atom. The number of primary amides is 3. The van der Waals surface area contributed by atoms with Crippen molar-refractivity contribution in [3.05, 3.63) is 38.0 Å². The van der Waals surface area contributed by atoms with Crippen LogP contribution in [-0.4, -0.2) is 276 Å². The highest BCUT2D eigenvalue weighted by molar-refractivity contribution is 8.14. The minimum Gasteiger partial charge on any atom is -0.437 e. The second-order valence-corrected chi connectivity index (χ2v) is 95.4. The third-order valence-corrected chi connectivity index (χ3v) is 63.9. The Morgan fingerprint density at radius 3 is 0.985 bits per heavy atom. The van der Waals surface area contributed by atoms with E-state index in [1.54, 1.807) is 0 Å². The van der Waals surface area contributed by atoms with Gasteiger partial charge in [0.15, 0.2) is 55.0 Å². The van der Waals surface area contributed by atoms with Gasteiger partial charge in [-0.1, -0.05) is 71.5 Å². The van der Waals surface area contributed by atoms with Gasteiger partial charge in [-0.3, -0.25) is 52.7 Å². The highest BCUT2D eigenvalue weighted by Crippen LogP contribution is 2.34. The second kappa shape index (κ2) is 74.8. The highest BCUT2D eigenvalue weighted by atomic mass is 32.2. The standard InChI is InChI=1S/C16H44O4Si5.C12H35NO3Si4.C12H34O3Si4.C11H21N3O4S.C7H10N2O2.C7H10O2S.2C6H12N2O2S.C5H9NO2/c1-13-15-24(11,18-22(6,7)8)20-25(12,16-14-2)19-23(9,10)17-21(3,4)5;1-17(2,3)14-19(7,8)16-20(9,12-10-11-13)15-18(4,5)6;1-11-12-19(10,14-17(5,6)7)15-18(8,9)13-16(2,3)4;1-8(16)14-9(11(12)18)2-6-19-7-3-10(17)13-4-5-15;1-3-6(10)8-5-9-7(11)4-2;1-5(8)4-6-2-3-10-7(6)9;2*1-4(9)8-5(2-3-11)6(7)10;1-2-5(8)6-3-4-7/h13-16H2,1-12H3;10-13H2,1-9H3;11-12H2,1-10H3;9,15H,2-7H2,1H3,(H2,12,18)(H,13,17)(H,14,16);3-4H,1-2,5H2,(H,8,10)(H,9,11);6H,2-4H2,1H3;2*5,11H,2-3H2,1H3,(H2,7,10)(H,8,9);2,7H,1,3-4H2,(H,6,8). The summed E-state index contributed by atoms with van der Waals surface area (Å²) in [6, 6.07) is 2.23. The molecular formula is C82H187N11O24S4Si13. The molecule has 8 atom stereocenters. The quantitative estimate of drug-likeness (QED) is 0.00884. The number of thioether (sulfide) groups is 2. The number of aliphatic hydroxyl groups excluding tert-OH is 2. The average Bonchev–Trinajstić information content (AvgIpc) is 0.857. The molecule has 1 heterocycles. The molecule has 0 aromatic carbocycles. The number of carbonyl (C=O) groups is 12. The van der Waals surface area contributed by atoms with Gasteiger partial charge in [0.1, 0.15) is 23.9 Å². The molecule has 0 aromatic rings. The first kappa shape index (κ1) is 146. The Hall–Kier alpha value is -3.04. The lowest BCUT2D eigenvalue weighted by Gasteiger charge is -2.44. The molecule has 0 bridgehead atoms. The second-order valence-electron chi connectivity index (χ2n) is 39.2.